The highest BCUT2D eigenvalue weighted by molar-refractivity contribution is 6.05. The highest BCUT2D eigenvalue weighted by Gasteiger charge is 2.19. The fourth-order valence-electron chi connectivity index (χ4n) is 2.58. The Labute approximate surface area is 153 Å². The molecule has 0 fully saturated rings. The predicted octanol–water partition coefficient (Wildman–Crippen LogP) is 4.15. The molecule has 132 valence electrons. The van der Waals surface area contributed by atoms with Crippen molar-refractivity contribution in [2.24, 2.45) is 0 Å². The minimum Gasteiger partial charge on any atom is -0.354 e. The first-order valence-electron chi connectivity index (χ1n) is 8.74. The molecule has 0 saturated carbocycles. The van der Waals surface area contributed by atoms with Crippen LogP contribution in [0.15, 0.2) is 73.1 Å². The number of carbonyl (C=O) groups excluding carboxylic acids is 1. The molecule has 1 aromatic heterocycles. The van der Waals surface area contributed by atoms with Gasteiger partial charge in [-0.15, -0.1) is 0 Å². The van der Waals surface area contributed by atoms with Gasteiger partial charge in [0.25, 0.3) is 5.91 Å². The molecule has 3 rings (SSSR count). The molecule has 26 heavy (non-hydrogen) atoms. The first-order valence-corrected chi connectivity index (χ1v) is 8.74. The Bertz CT molecular complexity index is 820. The second-order valence-electron chi connectivity index (χ2n) is 5.93. The topological polar surface area (TPSA) is 58.1 Å². The van der Waals surface area contributed by atoms with E-state index in [1.54, 1.807) is 17.3 Å². The summed E-state index contributed by atoms with van der Waals surface area (Å²) in [5.41, 5.74) is 2.37. The number of para-hydroxylation sites is 1. The Morgan fingerprint density at radius 2 is 1.58 bits per heavy atom. The number of nitrogens with one attached hydrogen (secondary N) is 1. The monoisotopic (exact) mass is 346 g/mol. The van der Waals surface area contributed by atoms with E-state index in [4.69, 9.17) is 0 Å². The van der Waals surface area contributed by atoms with E-state index < -0.39 is 0 Å². The third-order valence-corrected chi connectivity index (χ3v) is 3.93. The zero-order chi connectivity index (χ0) is 18.2. The van der Waals surface area contributed by atoms with Crippen LogP contribution in [-0.2, 0) is 6.54 Å². The van der Waals surface area contributed by atoms with Crippen LogP contribution in [0.2, 0.25) is 0 Å². The van der Waals surface area contributed by atoms with E-state index in [1.807, 2.05) is 60.7 Å². The van der Waals surface area contributed by atoms with E-state index >= 15 is 0 Å². The molecule has 5 nitrogen and oxygen atoms in total. The van der Waals surface area contributed by atoms with E-state index in [2.05, 4.69) is 22.2 Å². The Balaban J connectivity index is 1.85. The van der Waals surface area contributed by atoms with Gasteiger partial charge in [-0.1, -0.05) is 55.5 Å². The van der Waals surface area contributed by atoms with Crippen LogP contribution in [0, 0.1) is 0 Å². The molecule has 3 aromatic rings. The minimum atomic E-state index is -0.123. The number of hydrogen-bond acceptors (Lipinski definition) is 4. The molecule has 0 spiro atoms. The van der Waals surface area contributed by atoms with Crippen molar-refractivity contribution in [1.82, 2.24) is 9.97 Å². The molecule has 0 bridgehead atoms. The van der Waals surface area contributed by atoms with Crippen LogP contribution >= 0.6 is 0 Å². The van der Waals surface area contributed by atoms with Gasteiger partial charge in [0.05, 0.1) is 12.1 Å². The summed E-state index contributed by atoms with van der Waals surface area (Å²) in [5, 5.41) is 3.11. The summed E-state index contributed by atoms with van der Waals surface area (Å²) < 4.78 is 0. The fraction of sp³-hybridized carbons (Fsp3) is 0.190. The van der Waals surface area contributed by atoms with Gasteiger partial charge in [0, 0.05) is 24.6 Å². The largest absolute Gasteiger partial charge is 0.354 e. The number of nitrogens with zero attached hydrogens (tertiary/aromatic N) is 3. The number of rotatable bonds is 7. The quantitative estimate of drug-likeness (QED) is 0.698. The van der Waals surface area contributed by atoms with Gasteiger partial charge in [-0.2, -0.15) is 0 Å². The first kappa shape index (κ1) is 17.6. The van der Waals surface area contributed by atoms with Crippen molar-refractivity contribution in [2.45, 2.75) is 19.9 Å². The maximum atomic E-state index is 13.1. The summed E-state index contributed by atoms with van der Waals surface area (Å²) in [6.07, 6.45) is 4.14. The maximum Gasteiger partial charge on any atom is 0.261 e. The van der Waals surface area contributed by atoms with Crippen molar-refractivity contribution in [3.63, 3.8) is 0 Å². The number of hydrogen-bond donors (Lipinski definition) is 1. The molecule has 0 aliphatic carbocycles. The van der Waals surface area contributed by atoms with E-state index in [-0.39, 0.29) is 5.91 Å². The predicted molar refractivity (Wildman–Crippen MR) is 104 cm³/mol. The van der Waals surface area contributed by atoms with Gasteiger partial charge in [0.1, 0.15) is 0 Å². The first-order chi connectivity index (χ1) is 12.8. The second-order valence-corrected chi connectivity index (χ2v) is 5.93. The molecular weight excluding hydrogens is 324 g/mol. The fourth-order valence-corrected chi connectivity index (χ4v) is 2.58. The number of carbonyl (C=O) groups is 1. The molecule has 1 N–H and O–H groups in total. The zero-order valence-corrected chi connectivity index (χ0v) is 14.8. The summed E-state index contributed by atoms with van der Waals surface area (Å²) in [5.74, 6) is 0.416. The Kier molecular flexibility index (Phi) is 5.93. The van der Waals surface area contributed by atoms with Gasteiger partial charge < -0.3 is 10.2 Å². The summed E-state index contributed by atoms with van der Waals surface area (Å²) in [4.78, 5) is 23.3. The molecule has 5 heteroatoms. The highest BCUT2D eigenvalue weighted by Crippen LogP contribution is 2.19. The van der Waals surface area contributed by atoms with Crippen LogP contribution in [0.3, 0.4) is 0 Å². The van der Waals surface area contributed by atoms with Crippen LogP contribution in [-0.4, -0.2) is 22.4 Å². The van der Waals surface area contributed by atoms with Crippen molar-refractivity contribution in [2.75, 3.05) is 16.8 Å². The third kappa shape index (κ3) is 4.45. The molecule has 0 saturated heterocycles. The molecule has 0 atom stereocenters. The zero-order valence-electron chi connectivity index (χ0n) is 14.8. The van der Waals surface area contributed by atoms with Crippen molar-refractivity contribution < 1.29 is 4.79 Å². The van der Waals surface area contributed by atoms with Crippen molar-refractivity contribution in [3.8, 4) is 0 Å². The number of anilines is 2. The van der Waals surface area contributed by atoms with E-state index in [1.165, 1.54) is 0 Å². The number of aromatic nitrogens is 2. The van der Waals surface area contributed by atoms with Crippen molar-refractivity contribution in [3.05, 3.63) is 84.2 Å². The normalized spacial score (nSPS) is 10.3. The van der Waals surface area contributed by atoms with E-state index in [9.17, 15) is 4.79 Å². The van der Waals surface area contributed by atoms with Crippen LogP contribution in [0.4, 0.5) is 11.6 Å². The van der Waals surface area contributed by atoms with Gasteiger partial charge in [0.15, 0.2) is 0 Å². The lowest BCUT2D eigenvalue weighted by atomic mass is 10.1. The lowest BCUT2D eigenvalue weighted by molar-refractivity contribution is 0.0984. The molecule has 0 aliphatic rings. The third-order valence-electron chi connectivity index (χ3n) is 3.93. The molecule has 0 radical (unpaired) electrons. The summed E-state index contributed by atoms with van der Waals surface area (Å²) in [6, 6.07) is 19.6. The minimum absolute atomic E-state index is 0.123. The van der Waals surface area contributed by atoms with Gasteiger partial charge in [-0.3, -0.25) is 4.79 Å². The maximum absolute atomic E-state index is 13.1. The molecular formula is C21H22N4O. The van der Waals surface area contributed by atoms with Crippen LogP contribution < -0.4 is 10.2 Å². The molecule has 0 unspecified atom stereocenters. The van der Waals surface area contributed by atoms with Crippen molar-refractivity contribution in [1.29, 1.82) is 0 Å². The second kappa shape index (κ2) is 8.76. The average Bonchev–Trinajstić information content (AvgIpc) is 2.72. The molecule has 0 aliphatic heterocycles. The molecule has 2 aromatic carbocycles. The van der Waals surface area contributed by atoms with Gasteiger partial charge in [-0.25, -0.2) is 9.97 Å². The molecule has 1 amide bonds. The SMILES string of the molecule is CCCNc1ncc(C(=O)N(Cc2ccccc2)c2ccccc2)cn1. The Hall–Kier alpha value is -3.21. The van der Waals surface area contributed by atoms with Gasteiger partial charge in [0.2, 0.25) is 5.95 Å². The van der Waals surface area contributed by atoms with Crippen LogP contribution in [0.1, 0.15) is 29.3 Å². The highest BCUT2D eigenvalue weighted by atomic mass is 16.2. The van der Waals surface area contributed by atoms with Gasteiger partial charge in [-0.05, 0) is 24.1 Å². The van der Waals surface area contributed by atoms with Gasteiger partial charge >= 0.3 is 0 Å². The Morgan fingerprint density at radius 1 is 0.962 bits per heavy atom. The van der Waals surface area contributed by atoms with E-state index in [0.29, 0.717) is 18.1 Å². The van der Waals surface area contributed by atoms with Crippen LogP contribution in [0.5, 0.6) is 0 Å². The standard InChI is InChI=1S/C21H22N4O/c1-2-13-22-21-23-14-18(15-24-21)20(26)25(19-11-7-4-8-12-19)16-17-9-5-3-6-10-17/h3-12,14-15H,2,13,16H2,1H3,(H,22,23,24). The average molecular weight is 346 g/mol. The van der Waals surface area contributed by atoms with Crippen LogP contribution in [0.25, 0.3) is 0 Å². The van der Waals surface area contributed by atoms with Crippen molar-refractivity contribution >= 4 is 17.5 Å². The lowest BCUT2D eigenvalue weighted by Crippen LogP contribution is -2.30. The lowest BCUT2D eigenvalue weighted by Gasteiger charge is -2.23. The number of amides is 1. The summed E-state index contributed by atoms with van der Waals surface area (Å²) >= 11 is 0. The van der Waals surface area contributed by atoms with E-state index in [0.717, 1.165) is 24.2 Å². The summed E-state index contributed by atoms with van der Waals surface area (Å²) in [6.45, 7) is 3.36. The Morgan fingerprint density at radius 3 is 2.19 bits per heavy atom. The smallest absolute Gasteiger partial charge is 0.261 e. The molecule has 1 heterocycles. The summed E-state index contributed by atoms with van der Waals surface area (Å²) in [7, 11) is 0. The number of benzene rings is 2.